The van der Waals surface area contributed by atoms with Crippen LogP contribution in [-0.2, 0) is 13.2 Å². The van der Waals surface area contributed by atoms with Crippen LogP contribution in [0, 0.1) is 12.8 Å². The van der Waals surface area contributed by atoms with Crippen molar-refractivity contribution in [3.63, 3.8) is 0 Å². The predicted octanol–water partition coefficient (Wildman–Crippen LogP) is 7.63. The van der Waals surface area contributed by atoms with Crippen molar-refractivity contribution in [2.45, 2.75) is 44.7 Å². The van der Waals surface area contributed by atoms with Gasteiger partial charge in [0.15, 0.2) is 11.5 Å². The molecule has 1 aliphatic rings. The number of imidazole rings is 1. The van der Waals surface area contributed by atoms with Gasteiger partial charge in [0.2, 0.25) is 0 Å². The molecule has 0 aliphatic heterocycles. The minimum absolute atomic E-state index is 0.0922. The van der Waals surface area contributed by atoms with Gasteiger partial charge in [-0.1, -0.05) is 36.8 Å². The molecule has 0 radical (unpaired) electrons. The third kappa shape index (κ3) is 4.92. The number of hydrogen-bond donors (Lipinski definition) is 1. The Balaban J connectivity index is 1.23. The average Bonchev–Trinajstić information content (AvgIpc) is 3.15. The SMILES string of the molecule is Cc1nc2cc(-c3ccc(C4CCCC(COc5ccc(C(F)(F)F)cc5O)C4)cc3)ccc2n1C. The van der Waals surface area contributed by atoms with Crippen molar-refractivity contribution in [2.75, 3.05) is 6.61 Å². The largest absolute Gasteiger partial charge is 0.504 e. The lowest BCUT2D eigenvalue weighted by atomic mass is 9.78. The van der Waals surface area contributed by atoms with Crippen LogP contribution in [0.1, 0.15) is 48.6 Å². The molecule has 188 valence electrons. The van der Waals surface area contributed by atoms with Crippen molar-refractivity contribution in [3.8, 4) is 22.6 Å². The Labute approximate surface area is 208 Å². The molecule has 1 aliphatic carbocycles. The van der Waals surface area contributed by atoms with Gasteiger partial charge < -0.3 is 14.4 Å². The molecule has 2 atom stereocenters. The highest BCUT2D eigenvalue weighted by Crippen LogP contribution is 2.39. The Kier molecular flexibility index (Phi) is 6.41. The zero-order chi connectivity index (χ0) is 25.4. The summed E-state index contributed by atoms with van der Waals surface area (Å²) in [5, 5.41) is 9.98. The van der Waals surface area contributed by atoms with E-state index < -0.39 is 17.5 Å². The first-order chi connectivity index (χ1) is 17.2. The quantitative estimate of drug-likeness (QED) is 0.310. The average molecular weight is 495 g/mol. The molecule has 0 spiro atoms. The Hall–Kier alpha value is -3.48. The van der Waals surface area contributed by atoms with Crippen LogP contribution in [0.2, 0.25) is 0 Å². The molecule has 0 amide bonds. The molecule has 0 bridgehead atoms. The number of aromatic hydroxyl groups is 1. The van der Waals surface area contributed by atoms with Crippen LogP contribution in [0.25, 0.3) is 22.2 Å². The smallest absolute Gasteiger partial charge is 0.416 e. The molecule has 1 N–H and O–H groups in total. The van der Waals surface area contributed by atoms with Crippen molar-refractivity contribution in [2.24, 2.45) is 13.0 Å². The highest BCUT2D eigenvalue weighted by molar-refractivity contribution is 5.82. The van der Waals surface area contributed by atoms with Gasteiger partial charge in [-0.15, -0.1) is 0 Å². The minimum Gasteiger partial charge on any atom is -0.504 e. The predicted molar refractivity (Wildman–Crippen MR) is 134 cm³/mol. The number of alkyl halides is 3. The molecule has 7 heteroatoms. The lowest BCUT2D eigenvalue weighted by Gasteiger charge is -2.29. The first-order valence-electron chi connectivity index (χ1n) is 12.3. The minimum atomic E-state index is -4.49. The second kappa shape index (κ2) is 9.52. The molecule has 1 heterocycles. The standard InChI is InChI=1S/C29H29F3N2O2/c1-18-33-25-15-23(10-12-26(25)34(18)2)21-8-6-20(7-9-21)22-5-3-4-19(14-22)17-36-28-13-11-24(16-27(28)35)29(30,31)32/h6-13,15-16,19,22,35H,3-5,14,17H2,1-2H3. The van der Waals surface area contributed by atoms with Gasteiger partial charge in [0.1, 0.15) is 5.82 Å². The maximum atomic E-state index is 12.8. The summed E-state index contributed by atoms with van der Waals surface area (Å²) in [6, 6.07) is 17.9. The number of hydrogen-bond acceptors (Lipinski definition) is 3. The second-order valence-electron chi connectivity index (χ2n) is 9.76. The van der Waals surface area contributed by atoms with E-state index in [2.05, 4.69) is 52.0 Å². The lowest BCUT2D eigenvalue weighted by molar-refractivity contribution is -0.137. The molecule has 4 nitrogen and oxygen atoms in total. The number of phenols is 1. The normalized spacial score (nSPS) is 18.5. The fraction of sp³-hybridized carbons (Fsp3) is 0.345. The number of benzene rings is 3. The molecule has 1 aromatic heterocycles. The van der Waals surface area contributed by atoms with Crippen LogP contribution in [0.3, 0.4) is 0 Å². The van der Waals surface area contributed by atoms with E-state index in [1.807, 2.05) is 14.0 Å². The lowest BCUT2D eigenvalue weighted by Crippen LogP contribution is -2.20. The van der Waals surface area contributed by atoms with Crippen LogP contribution in [0.15, 0.2) is 60.7 Å². The van der Waals surface area contributed by atoms with Gasteiger partial charge in [0.25, 0.3) is 0 Å². The molecule has 2 unspecified atom stereocenters. The summed E-state index contributed by atoms with van der Waals surface area (Å²) in [6.45, 7) is 2.38. The van der Waals surface area contributed by atoms with E-state index in [0.29, 0.717) is 18.6 Å². The highest BCUT2D eigenvalue weighted by atomic mass is 19.4. The van der Waals surface area contributed by atoms with Crippen LogP contribution in [0.5, 0.6) is 11.5 Å². The zero-order valence-electron chi connectivity index (χ0n) is 20.3. The summed E-state index contributed by atoms with van der Waals surface area (Å²) < 4.78 is 46.3. The van der Waals surface area contributed by atoms with E-state index >= 15 is 0 Å². The van der Waals surface area contributed by atoms with Crippen molar-refractivity contribution < 1.29 is 23.0 Å². The van der Waals surface area contributed by atoms with E-state index in [1.165, 1.54) is 11.6 Å². The molecule has 5 rings (SSSR count). The van der Waals surface area contributed by atoms with Crippen LogP contribution < -0.4 is 4.74 Å². The number of halogens is 3. The number of aromatic nitrogens is 2. The second-order valence-corrected chi connectivity index (χ2v) is 9.76. The van der Waals surface area contributed by atoms with Crippen molar-refractivity contribution in [3.05, 3.63) is 77.6 Å². The van der Waals surface area contributed by atoms with Gasteiger partial charge in [-0.3, -0.25) is 0 Å². The molecular weight excluding hydrogens is 465 g/mol. The van der Waals surface area contributed by atoms with Crippen molar-refractivity contribution >= 4 is 11.0 Å². The Morgan fingerprint density at radius 1 is 1.00 bits per heavy atom. The summed E-state index contributed by atoms with van der Waals surface area (Å²) in [5.74, 6) is 1.28. The first-order valence-corrected chi connectivity index (χ1v) is 12.3. The summed E-state index contributed by atoms with van der Waals surface area (Å²) >= 11 is 0. The Morgan fingerprint density at radius 3 is 2.47 bits per heavy atom. The van der Waals surface area contributed by atoms with E-state index in [-0.39, 0.29) is 11.7 Å². The van der Waals surface area contributed by atoms with Gasteiger partial charge in [-0.2, -0.15) is 13.2 Å². The van der Waals surface area contributed by atoms with E-state index in [9.17, 15) is 18.3 Å². The Bertz CT molecular complexity index is 1380. The number of fused-ring (bicyclic) bond motifs is 1. The molecule has 36 heavy (non-hydrogen) atoms. The van der Waals surface area contributed by atoms with E-state index in [4.69, 9.17) is 4.74 Å². The number of phenolic OH excluding ortho intramolecular Hbond substituents is 1. The van der Waals surface area contributed by atoms with Crippen LogP contribution in [0.4, 0.5) is 13.2 Å². The maximum Gasteiger partial charge on any atom is 0.416 e. The van der Waals surface area contributed by atoms with Crippen LogP contribution in [-0.4, -0.2) is 21.3 Å². The molecule has 4 aromatic rings. The highest BCUT2D eigenvalue weighted by Gasteiger charge is 2.31. The van der Waals surface area contributed by atoms with E-state index in [0.717, 1.165) is 59.7 Å². The van der Waals surface area contributed by atoms with Crippen molar-refractivity contribution in [1.82, 2.24) is 9.55 Å². The topological polar surface area (TPSA) is 47.3 Å². The monoisotopic (exact) mass is 494 g/mol. The van der Waals surface area contributed by atoms with Gasteiger partial charge in [-0.25, -0.2) is 4.98 Å². The molecule has 0 saturated heterocycles. The zero-order valence-corrected chi connectivity index (χ0v) is 20.3. The molecule has 1 saturated carbocycles. The van der Waals surface area contributed by atoms with E-state index in [1.54, 1.807) is 0 Å². The Morgan fingerprint density at radius 2 is 1.75 bits per heavy atom. The van der Waals surface area contributed by atoms with Crippen molar-refractivity contribution in [1.29, 1.82) is 0 Å². The summed E-state index contributed by atoms with van der Waals surface area (Å²) in [5.41, 5.74) is 4.80. The fourth-order valence-electron chi connectivity index (χ4n) is 5.22. The summed E-state index contributed by atoms with van der Waals surface area (Å²) in [4.78, 5) is 4.64. The molecule has 3 aromatic carbocycles. The number of ether oxygens (including phenoxy) is 1. The maximum absolute atomic E-state index is 12.8. The molecular formula is C29H29F3N2O2. The number of nitrogens with zero attached hydrogens (tertiary/aromatic N) is 2. The number of aryl methyl sites for hydroxylation is 2. The fourth-order valence-corrected chi connectivity index (χ4v) is 5.22. The molecule has 1 fully saturated rings. The summed E-state index contributed by atoms with van der Waals surface area (Å²) in [6.07, 6.45) is -0.387. The third-order valence-corrected chi connectivity index (χ3v) is 7.36. The van der Waals surface area contributed by atoms with Gasteiger partial charge in [-0.05, 0) is 85.0 Å². The third-order valence-electron chi connectivity index (χ3n) is 7.36. The summed E-state index contributed by atoms with van der Waals surface area (Å²) in [7, 11) is 2.02. The van der Waals surface area contributed by atoms with Gasteiger partial charge >= 0.3 is 6.18 Å². The van der Waals surface area contributed by atoms with Gasteiger partial charge in [0.05, 0.1) is 23.2 Å². The van der Waals surface area contributed by atoms with Gasteiger partial charge in [0, 0.05) is 7.05 Å². The number of rotatable bonds is 5. The first kappa shape index (κ1) is 24.2. The van der Waals surface area contributed by atoms with Crippen LogP contribution >= 0.6 is 0 Å².